The first-order valence-electron chi connectivity index (χ1n) is 3.58. The van der Waals surface area contributed by atoms with Gasteiger partial charge in [-0.15, -0.1) is 11.6 Å². The summed E-state index contributed by atoms with van der Waals surface area (Å²) in [5.74, 6) is 5.61. The molecule has 0 aromatic heterocycles. The predicted molar refractivity (Wildman–Crippen MR) is 54.4 cm³/mol. The van der Waals surface area contributed by atoms with E-state index in [0.717, 1.165) is 6.29 Å². The Balaban J connectivity index is 3.22. The summed E-state index contributed by atoms with van der Waals surface area (Å²) in [5, 5.41) is 0.474. The van der Waals surface area contributed by atoms with Gasteiger partial charge in [-0.25, -0.2) is 0 Å². The van der Waals surface area contributed by atoms with Crippen molar-refractivity contribution in [2.24, 2.45) is 0 Å². The van der Waals surface area contributed by atoms with E-state index in [4.69, 9.17) is 23.2 Å². The summed E-state index contributed by atoms with van der Waals surface area (Å²) in [6, 6.07) is 5.06. The van der Waals surface area contributed by atoms with E-state index in [0.29, 0.717) is 16.1 Å². The standard InChI is InChI=1S/C10H6Cl2O/c11-6-2-4-9-8(7-13)3-1-5-10(9)12/h1,3,5,7H,6H2. The van der Waals surface area contributed by atoms with Crippen LogP contribution in [0.2, 0.25) is 5.02 Å². The van der Waals surface area contributed by atoms with E-state index in [1.54, 1.807) is 18.2 Å². The lowest BCUT2D eigenvalue weighted by molar-refractivity contribution is 0.112. The Morgan fingerprint density at radius 3 is 2.85 bits per heavy atom. The van der Waals surface area contributed by atoms with Gasteiger partial charge in [0.2, 0.25) is 0 Å². The third-order valence-corrected chi connectivity index (χ3v) is 1.90. The smallest absolute Gasteiger partial charge is 0.151 e. The minimum atomic E-state index is 0.226. The van der Waals surface area contributed by atoms with Crippen LogP contribution in [0.4, 0.5) is 0 Å². The van der Waals surface area contributed by atoms with Crippen molar-refractivity contribution in [2.75, 3.05) is 5.88 Å². The molecule has 0 heterocycles. The second kappa shape index (κ2) is 4.91. The van der Waals surface area contributed by atoms with Crippen LogP contribution in [0.25, 0.3) is 0 Å². The number of hydrogen-bond acceptors (Lipinski definition) is 1. The van der Waals surface area contributed by atoms with Crippen LogP contribution < -0.4 is 0 Å². The first-order valence-corrected chi connectivity index (χ1v) is 4.49. The van der Waals surface area contributed by atoms with Crippen molar-refractivity contribution >= 4 is 29.5 Å². The average molecular weight is 213 g/mol. The maximum absolute atomic E-state index is 10.6. The van der Waals surface area contributed by atoms with Crippen molar-refractivity contribution in [1.82, 2.24) is 0 Å². The lowest BCUT2D eigenvalue weighted by atomic mass is 10.1. The van der Waals surface area contributed by atoms with Crippen molar-refractivity contribution in [3.05, 3.63) is 34.3 Å². The number of aldehydes is 1. The molecular formula is C10H6Cl2O. The van der Waals surface area contributed by atoms with Gasteiger partial charge in [-0.1, -0.05) is 35.6 Å². The molecule has 0 bridgehead atoms. The van der Waals surface area contributed by atoms with Gasteiger partial charge in [0.1, 0.15) is 0 Å². The SMILES string of the molecule is O=Cc1cccc(Cl)c1C#CCCl. The molecule has 0 N–H and O–H groups in total. The molecule has 0 fully saturated rings. The molecule has 1 rings (SSSR count). The third kappa shape index (κ3) is 2.48. The van der Waals surface area contributed by atoms with Gasteiger partial charge in [0.15, 0.2) is 6.29 Å². The summed E-state index contributed by atoms with van der Waals surface area (Å²) >= 11 is 11.2. The largest absolute Gasteiger partial charge is 0.298 e. The number of rotatable bonds is 1. The highest BCUT2D eigenvalue weighted by Crippen LogP contribution is 2.17. The number of halogens is 2. The Labute approximate surface area is 86.7 Å². The molecule has 0 amide bonds. The molecule has 3 heteroatoms. The molecule has 0 saturated heterocycles. The van der Waals surface area contributed by atoms with Crippen LogP contribution in [0.1, 0.15) is 15.9 Å². The average Bonchev–Trinajstić information content (AvgIpc) is 2.15. The number of hydrogen-bond donors (Lipinski definition) is 0. The zero-order valence-electron chi connectivity index (χ0n) is 6.68. The van der Waals surface area contributed by atoms with E-state index in [9.17, 15) is 4.79 Å². The van der Waals surface area contributed by atoms with Gasteiger partial charge in [-0.05, 0) is 6.07 Å². The normalized spacial score (nSPS) is 8.77. The molecule has 13 heavy (non-hydrogen) atoms. The van der Waals surface area contributed by atoms with Crippen LogP contribution in [0.15, 0.2) is 18.2 Å². The third-order valence-electron chi connectivity index (χ3n) is 1.45. The summed E-state index contributed by atoms with van der Waals surface area (Å²) in [5.41, 5.74) is 1.03. The van der Waals surface area contributed by atoms with Gasteiger partial charge in [-0.2, -0.15) is 0 Å². The number of alkyl halides is 1. The number of benzene rings is 1. The van der Waals surface area contributed by atoms with Gasteiger partial charge < -0.3 is 0 Å². The van der Waals surface area contributed by atoms with E-state index >= 15 is 0 Å². The van der Waals surface area contributed by atoms with Crippen molar-refractivity contribution < 1.29 is 4.79 Å². The van der Waals surface area contributed by atoms with Crippen LogP contribution in [0, 0.1) is 11.8 Å². The highest BCUT2D eigenvalue weighted by atomic mass is 35.5. The minimum absolute atomic E-state index is 0.226. The fourth-order valence-electron chi connectivity index (χ4n) is 0.893. The molecule has 0 saturated carbocycles. The molecule has 0 radical (unpaired) electrons. The molecule has 66 valence electrons. The minimum Gasteiger partial charge on any atom is -0.298 e. The van der Waals surface area contributed by atoms with Crippen LogP contribution in [0.3, 0.4) is 0 Å². The van der Waals surface area contributed by atoms with Gasteiger partial charge in [0.25, 0.3) is 0 Å². The molecule has 0 atom stereocenters. The Hall–Kier alpha value is -0.970. The second-order valence-electron chi connectivity index (χ2n) is 2.26. The van der Waals surface area contributed by atoms with E-state index in [1.165, 1.54) is 0 Å². The summed E-state index contributed by atoms with van der Waals surface area (Å²) in [4.78, 5) is 10.6. The Morgan fingerprint density at radius 2 is 2.23 bits per heavy atom. The Kier molecular flexibility index (Phi) is 3.82. The van der Waals surface area contributed by atoms with Gasteiger partial charge >= 0.3 is 0 Å². The maximum Gasteiger partial charge on any atom is 0.151 e. The second-order valence-corrected chi connectivity index (χ2v) is 2.93. The molecule has 0 aliphatic heterocycles. The van der Waals surface area contributed by atoms with E-state index < -0.39 is 0 Å². The molecule has 1 aromatic rings. The van der Waals surface area contributed by atoms with E-state index in [-0.39, 0.29) is 5.88 Å². The predicted octanol–water partition coefficient (Wildman–Crippen LogP) is 2.74. The maximum atomic E-state index is 10.6. The summed E-state index contributed by atoms with van der Waals surface area (Å²) in [7, 11) is 0. The molecule has 0 aliphatic rings. The fraction of sp³-hybridized carbons (Fsp3) is 0.100. The van der Waals surface area contributed by atoms with Crippen molar-refractivity contribution in [3.8, 4) is 11.8 Å². The molecule has 0 unspecified atom stereocenters. The summed E-state index contributed by atoms with van der Waals surface area (Å²) < 4.78 is 0. The highest BCUT2D eigenvalue weighted by Gasteiger charge is 2.02. The highest BCUT2D eigenvalue weighted by molar-refractivity contribution is 6.32. The molecular weight excluding hydrogens is 207 g/mol. The Bertz CT molecular complexity index is 374. The quantitative estimate of drug-likeness (QED) is 0.398. The fourth-order valence-corrected chi connectivity index (χ4v) is 1.19. The Morgan fingerprint density at radius 1 is 1.46 bits per heavy atom. The number of carbonyl (C=O) groups excluding carboxylic acids is 1. The zero-order valence-corrected chi connectivity index (χ0v) is 8.19. The molecule has 0 aliphatic carbocycles. The van der Waals surface area contributed by atoms with E-state index in [1.807, 2.05) is 0 Å². The lowest BCUT2D eigenvalue weighted by Crippen LogP contribution is -1.87. The van der Waals surface area contributed by atoms with Gasteiger partial charge in [0.05, 0.1) is 16.5 Å². The van der Waals surface area contributed by atoms with Crippen molar-refractivity contribution in [1.29, 1.82) is 0 Å². The summed E-state index contributed by atoms with van der Waals surface area (Å²) in [6.07, 6.45) is 0.726. The lowest BCUT2D eigenvalue weighted by Gasteiger charge is -1.97. The van der Waals surface area contributed by atoms with Crippen LogP contribution >= 0.6 is 23.2 Å². The first-order chi connectivity index (χ1) is 6.29. The monoisotopic (exact) mass is 212 g/mol. The van der Waals surface area contributed by atoms with E-state index in [2.05, 4.69) is 11.8 Å². The van der Waals surface area contributed by atoms with Crippen LogP contribution in [0.5, 0.6) is 0 Å². The van der Waals surface area contributed by atoms with Crippen LogP contribution in [-0.2, 0) is 0 Å². The molecule has 0 spiro atoms. The topological polar surface area (TPSA) is 17.1 Å². The van der Waals surface area contributed by atoms with Crippen LogP contribution in [-0.4, -0.2) is 12.2 Å². The van der Waals surface area contributed by atoms with Crippen molar-refractivity contribution in [2.45, 2.75) is 0 Å². The zero-order chi connectivity index (χ0) is 9.68. The van der Waals surface area contributed by atoms with Gasteiger partial charge in [-0.3, -0.25) is 4.79 Å². The molecule has 1 aromatic carbocycles. The first kappa shape index (κ1) is 10.1. The summed E-state index contributed by atoms with van der Waals surface area (Å²) in [6.45, 7) is 0. The van der Waals surface area contributed by atoms with Crippen molar-refractivity contribution in [3.63, 3.8) is 0 Å². The number of carbonyl (C=O) groups is 1. The van der Waals surface area contributed by atoms with Gasteiger partial charge in [0, 0.05) is 5.56 Å². The molecule has 1 nitrogen and oxygen atoms in total.